The number of carbonyl (C=O) groups is 2. The molecule has 4 heterocycles. The molecule has 0 aliphatic carbocycles. The number of fused-ring (bicyclic) bond motifs is 3. The molecule has 2 aliphatic heterocycles. The van der Waals surface area contributed by atoms with E-state index in [1.807, 2.05) is 72.9 Å². The summed E-state index contributed by atoms with van der Waals surface area (Å²) in [6.07, 6.45) is 9.82. The number of rotatable bonds is 6. The summed E-state index contributed by atoms with van der Waals surface area (Å²) in [4.78, 5) is 37.4. The molecule has 5 aromatic rings. The van der Waals surface area contributed by atoms with Crippen LogP contribution in [-0.2, 0) is 13.0 Å². The molecule has 0 saturated heterocycles. The van der Waals surface area contributed by atoms with Gasteiger partial charge in [-0.3, -0.25) is 19.6 Å². The number of anilines is 1. The van der Waals surface area contributed by atoms with E-state index in [0.717, 1.165) is 38.8 Å². The Morgan fingerprint density at radius 2 is 1.76 bits per heavy atom. The summed E-state index contributed by atoms with van der Waals surface area (Å²) < 4.78 is 0. The third-order valence-corrected chi connectivity index (χ3v) is 8.20. The maximum absolute atomic E-state index is 13.7. The third-order valence-electron chi connectivity index (χ3n) is 8.20. The Morgan fingerprint density at radius 1 is 0.929 bits per heavy atom. The van der Waals surface area contributed by atoms with Crippen LogP contribution in [0.1, 0.15) is 31.8 Å². The van der Waals surface area contributed by atoms with Crippen LogP contribution < -0.4 is 10.6 Å². The van der Waals surface area contributed by atoms with Gasteiger partial charge in [0.15, 0.2) is 5.78 Å². The van der Waals surface area contributed by atoms with Crippen molar-refractivity contribution in [3.8, 4) is 11.3 Å². The minimum atomic E-state index is -0.286. The van der Waals surface area contributed by atoms with E-state index in [2.05, 4.69) is 44.8 Å². The van der Waals surface area contributed by atoms with Crippen LogP contribution in [0.4, 0.5) is 5.69 Å². The standard InChI is InChI=1S/C35H29N5O2/c41-34(27-10-11-31(37-21-27)29-7-3-5-24-4-1-2-6-28(24)29)30-14-17-40-22-39-32-18-26(9-8-25(32)19-33(30)40)35(42)38-20-23-12-15-36-16-13-23/h1-18,21,30,33,39H,19-20,22H2,(H,38,42). The fourth-order valence-corrected chi connectivity index (χ4v) is 5.91. The molecule has 7 rings (SSSR count). The molecule has 2 unspecified atom stereocenters. The molecular formula is C35H29N5O2. The van der Waals surface area contributed by atoms with Crippen LogP contribution in [-0.4, -0.2) is 39.3 Å². The molecule has 0 fully saturated rings. The van der Waals surface area contributed by atoms with Crippen LogP contribution >= 0.6 is 0 Å². The minimum absolute atomic E-state index is 0.0182. The number of pyridine rings is 2. The van der Waals surface area contributed by atoms with E-state index in [9.17, 15) is 9.59 Å². The van der Waals surface area contributed by atoms with Gasteiger partial charge in [0.1, 0.15) is 0 Å². The van der Waals surface area contributed by atoms with E-state index in [4.69, 9.17) is 4.98 Å². The van der Waals surface area contributed by atoms with Gasteiger partial charge in [-0.05, 0) is 70.9 Å². The zero-order chi connectivity index (χ0) is 28.5. The second-order valence-electron chi connectivity index (χ2n) is 10.7. The zero-order valence-corrected chi connectivity index (χ0v) is 22.9. The van der Waals surface area contributed by atoms with Gasteiger partial charge >= 0.3 is 0 Å². The predicted molar refractivity (Wildman–Crippen MR) is 164 cm³/mol. The van der Waals surface area contributed by atoms with E-state index in [1.54, 1.807) is 18.6 Å². The van der Waals surface area contributed by atoms with Gasteiger partial charge in [-0.25, -0.2) is 0 Å². The first-order valence-electron chi connectivity index (χ1n) is 14.1. The summed E-state index contributed by atoms with van der Waals surface area (Å²) in [5.74, 6) is -0.355. The Balaban J connectivity index is 1.07. The Labute approximate surface area is 243 Å². The Morgan fingerprint density at radius 3 is 2.62 bits per heavy atom. The van der Waals surface area contributed by atoms with Gasteiger partial charge in [-0.1, -0.05) is 54.6 Å². The summed E-state index contributed by atoms with van der Waals surface area (Å²) in [5, 5.41) is 8.74. The Bertz CT molecular complexity index is 1810. The lowest BCUT2D eigenvalue weighted by Gasteiger charge is -2.26. The number of nitrogens with zero attached hydrogens (tertiary/aromatic N) is 3. The lowest BCUT2D eigenvalue weighted by atomic mass is 9.88. The molecule has 42 heavy (non-hydrogen) atoms. The van der Waals surface area contributed by atoms with Gasteiger partial charge < -0.3 is 15.5 Å². The van der Waals surface area contributed by atoms with Gasteiger partial charge in [-0.2, -0.15) is 0 Å². The summed E-state index contributed by atoms with van der Waals surface area (Å²) in [6.45, 7) is 0.992. The van der Waals surface area contributed by atoms with Crippen molar-refractivity contribution in [3.63, 3.8) is 0 Å². The molecule has 2 aromatic heterocycles. The monoisotopic (exact) mass is 551 g/mol. The molecule has 0 saturated carbocycles. The Kier molecular flexibility index (Phi) is 6.68. The van der Waals surface area contributed by atoms with Crippen LogP contribution in [0.2, 0.25) is 0 Å². The topological polar surface area (TPSA) is 87.2 Å². The van der Waals surface area contributed by atoms with Crippen LogP contribution in [0.15, 0.2) is 116 Å². The average Bonchev–Trinajstić information content (AvgIpc) is 3.35. The number of carbonyl (C=O) groups excluding carboxylic acids is 2. The average molecular weight is 552 g/mol. The summed E-state index contributed by atoms with van der Waals surface area (Å²) in [5.41, 5.74) is 6.09. The number of amides is 1. The maximum atomic E-state index is 13.7. The molecule has 2 N–H and O–H groups in total. The number of ketones is 1. The predicted octanol–water partition coefficient (Wildman–Crippen LogP) is 5.85. The van der Waals surface area contributed by atoms with Gasteiger partial charge in [0.2, 0.25) is 0 Å². The van der Waals surface area contributed by atoms with Crippen molar-refractivity contribution in [2.75, 3.05) is 12.0 Å². The molecule has 0 spiro atoms. The molecule has 1 amide bonds. The second-order valence-corrected chi connectivity index (χ2v) is 10.7. The lowest BCUT2D eigenvalue weighted by Crippen LogP contribution is -2.38. The largest absolute Gasteiger partial charge is 0.368 e. The van der Waals surface area contributed by atoms with Gasteiger partial charge in [0, 0.05) is 53.6 Å². The quantitative estimate of drug-likeness (QED) is 0.258. The van der Waals surface area contributed by atoms with Crippen molar-refractivity contribution in [1.82, 2.24) is 20.2 Å². The maximum Gasteiger partial charge on any atom is 0.251 e. The summed E-state index contributed by atoms with van der Waals surface area (Å²) >= 11 is 0. The highest BCUT2D eigenvalue weighted by Crippen LogP contribution is 2.33. The first-order chi connectivity index (χ1) is 20.6. The first kappa shape index (κ1) is 25.7. The number of hydrogen-bond acceptors (Lipinski definition) is 6. The number of nitrogens with one attached hydrogen (secondary N) is 2. The molecule has 0 bridgehead atoms. The highest BCUT2D eigenvalue weighted by Gasteiger charge is 2.36. The molecule has 2 aliphatic rings. The first-order valence-corrected chi connectivity index (χ1v) is 14.1. The van der Waals surface area contributed by atoms with Crippen molar-refractivity contribution < 1.29 is 9.59 Å². The van der Waals surface area contributed by atoms with Crippen LogP contribution in [0, 0.1) is 5.92 Å². The van der Waals surface area contributed by atoms with Crippen molar-refractivity contribution in [2.24, 2.45) is 5.92 Å². The highest BCUT2D eigenvalue weighted by molar-refractivity contribution is 6.00. The number of Topliss-reactive ketones (excluding diaryl/α,β-unsaturated/α-hetero) is 1. The van der Waals surface area contributed by atoms with E-state index in [-0.39, 0.29) is 23.7 Å². The van der Waals surface area contributed by atoms with E-state index in [1.165, 1.54) is 0 Å². The minimum Gasteiger partial charge on any atom is -0.368 e. The Hall–Kier alpha value is -5.30. The molecular weight excluding hydrogens is 522 g/mol. The molecule has 2 atom stereocenters. The SMILES string of the molecule is O=C(NCc1ccncc1)c1ccc2c(c1)NCN1C=CC(C(=O)c3ccc(-c4cccc5ccccc45)nc3)C1C2. The van der Waals surface area contributed by atoms with Gasteiger partial charge in [-0.15, -0.1) is 0 Å². The number of aromatic nitrogens is 2. The molecule has 206 valence electrons. The second kappa shape index (κ2) is 10.9. The van der Waals surface area contributed by atoms with Crippen molar-refractivity contribution in [2.45, 2.75) is 19.0 Å². The third kappa shape index (κ3) is 4.90. The van der Waals surface area contributed by atoms with Crippen LogP contribution in [0.5, 0.6) is 0 Å². The fourth-order valence-electron chi connectivity index (χ4n) is 5.91. The van der Waals surface area contributed by atoms with Crippen molar-refractivity contribution in [1.29, 1.82) is 0 Å². The summed E-state index contributed by atoms with van der Waals surface area (Å²) in [7, 11) is 0. The van der Waals surface area contributed by atoms with Crippen LogP contribution in [0.25, 0.3) is 22.0 Å². The van der Waals surface area contributed by atoms with E-state index >= 15 is 0 Å². The van der Waals surface area contributed by atoms with Gasteiger partial charge in [0.25, 0.3) is 5.91 Å². The van der Waals surface area contributed by atoms with Crippen molar-refractivity contribution in [3.05, 3.63) is 138 Å². The van der Waals surface area contributed by atoms with E-state index < -0.39 is 0 Å². The van der Waals surface area contributed by atoms with Crippen molar-refractivity contribution >= 4 is 28.2 Å². The molecule has 7 heteroatoms. The molecule has 3 aromatic carbocycles. The number of benzene rings is 3. The van der Waals surface area contributed by atoms with Crippen LogP contribution in [0.3, 0.4) is 0 Å². The number of hydrogen-bond donors (Lipinski definition) is 2. The zero-order valence-electron chi connectivity index (χ0n) is 22.9. The van der Waals surface area contributed by atoms with Gasteiger partial charge in [0.05, 0.1) is 18.3 Å². The summed E-state index contributed by atoms with van der Waals surface area (Å²) in [6, 6.07) is 27.8. The normalized spacial score (nSPS) is 17.2. The highest BCUT2D eigenvalue weighted by atomic mass is 16.1. The smallest absolute Gasteiger partial charge is 0.251 e. The molecule has 0 radical (unpaired) electrons. The lowest BCUT2D eigenvalue weighted by molar-refractivity contribution is 0.0902. The fraction of sp³-hybridized carbons (Fsp3) is 0.143. The van der Waals surface area contributed by atoms with E-state index in [0.29, 0.717) is 30.8 Å². The molecule has 7 nitrogen and oxygen atoms in total.